The van der Waals surface area contributed by atoms with Crippen LogP contribution in [0.4, 0.5) is 17.1 Å². The van der Waals surface area contributed by atoms with E-state index in [1.807, 2.05) is 0 Å². The number of aromatic nitrogens is 1. The largest absolute Gasteiger partial charge is 0.458 e. The lowest BCUT2D eigenvalue weighted by Crippen LogP contribution is -2.59. The summed E-state index contributed by atoms with van der Waals surface area (Å²) in [4.78, 5) is 2.45. The summed E-state index contributed by atoms with van der Waals surface area (Å²) >= 11 is 0. The molecule has 0 N–H and O–H groups in total. The van der Waals surface area contributed by atoms with E-state index in [1.54, 1.807) is 5.56 Å². The van der Waals surface area contributed by atoms with Crippen LogP contribution in [-0.4, -0.2) is 11.3 Å². The van der Waals surface area contributed by atoms with Gasteiger partial charge in [-0.1, -0.05) is 79.6 Å². The van der Waals surface area contributed by atoms with Crippen LogP contribution in [0.15, 0.2) is 115 Å². The Kier molecular flexibility index (Phi) is 5.37. The molecule has 0 spiro atoms. The summed E-state index contributed by atoms with van der Waals surface area (Å²) < 4.78 is 9.08. The van der Waals surface area contributed by atoms with E-state index in [0.717, 1.165) is 23.6 Å². The van der Waals surface area contributed by atoms with Crippen LogP contribution in [0.1, 0.15) is 36.9 Å². The van der Waals surface area contributed by atoms with Crippen molar-refractivity contribution in [2.45, 2.75) is 38.5 Å². The van der Waals surface area contributed by atoms with Crippen molar-refractivity contribution in [3.05, 3.63) is 127 Å². The number of hydrogen-bond acceptors (Lipinski definition) is 2. The Bertz CT molecular complexity index is 1990. The first-order valence-electron chi connectivity index (χ1n) is 15.4. The molecule has 3 aliphatic rings. The highest BCUT2D eigenvalue weighted by Gasteiger charge is 2.41. The predicted octanol–water partition coefficient (Wildman–Crippen LogP) is 7.69. The van der Waals surface area contributed by atoms with Crippen molar-refractivity contribution < 1.29 is 4.74 Å². The van der Waals surface area contributed by atoms with Crippen LogP contribution in [0.5, 0.6) is 11.5 Å². The molecule has 9 rings (SSSR count). The molecule has 0 saturated heterocycles. The maximum absolute atomic E-state index is 6.51. The minimum absolute atomic E-state index is 0.118. The molecule has 1 aromatic heterocycles. The topological polar surface area (TPSA) is 17.4 Å². The summed E-state index contributed by atoms with van der Waals surface area (Å²) in [6.07, 6.45) is 7.46. The quantitative estimate of drug-likeness (QED) is 0.208. The molecular weight excluding hydrogens is 511 g/mol. The molecule has 0 radical (unpaired) electrons. The van der Waals surface area contributed by atoms with Gasteiger partial charge in [0.05, 0.1) is 5.52 Å². The van der Waals surface area contributed by atoms with Gasteiger partial charge in [0.15, 0.2) is 0 Å². The Hall–Kier alpha value is -4.70. The molecule has 6 aromatic rings. The van der Waals surface area contributed by atoms with Gasteiger partial charge in [-0.15, -0.1) is 0 Å². The predicted molar refractivity (Wildman–Crippen MR) is 175 cm³/mol. The first-order chi connectivity index (χ1) is 20.9. The standard InChI is InChI=1S/C38H31BN2O/c1-2-7-18-32-28(15-6-1)29-16-8-10-19-33(29)41(32)27-23-24-30-35(25-27)40(26-13-4-3-5-14-26)34-20-12-22-37-38(34)39(30)31-17-9-11-21-36(31)42-37/h3-5,8-14,16-17,19-25H,1-2,6-7,15,18H2. The van der Waals surface area contributed by atoms with Crippen molar-refractivity contribution in [3.8, 4) is 17.2 Å². The molecular formula is C38H31BN2O. The number of para-hydroxylation sites is 3. The molecule has 1 aliphatic carbocycles. The number of benzene rings is 5. The summed E-state index contributed by atoms with van der Waals surface area (Å²) in [6.45, 7) is 0.118. The van der Waals surface area contributed by atoms with Gasteiger partial charge in [-0.05, 0) is 96.2 Å². The van der Waals surface area contributed by atoms with Gasteiger partial charge in [0.25, 0.3) is 6.71 Å². The fraction of sp³-hybridized carbons (Fsp3) is 0.158. The lowest BCUT2D eigenvalue weighted by Gasteiger charge is -2.40. The van der Waals surface area contributed by atoms with E-state index in [9.17, 15) is 0 Å². The molecule has 0 bridgehead atoms. The van der Waals surface area contributed by atoms with E-state index < -0.39 is 0 Å². The third-order valence-corrected chi connectivity index (χ3v) is 9.54. The Morgan fingerprint density at radius 2 is 1.36 bits per heavy atom. The zero-order valence-corrected chi connectivity index (χ0v) is 23.6. The summed E-state index contributed by atoms with van der Waals surface area (Å²) in [7, 11) is 0. The summed E-state index contributed by atoms with van der Waals surface area (Å²) in [5.41, 5.74) is 13.0. The monoisotopic (exact) mass is 542 g/mol. The first kappa shape index (κ1) is 24.0. The van der Waals surface area contributed by atoms with Crippen molar-refractivity contribution in [1.29, 1.82) is 0 Å². The first-order valence-corrected chi connectivity index (χ1v) is 15.4. The third-order valence-electron chi connectivity index (χ3n) is 9.54. The second-order valence-electron chi connectivity index (χ2n) is 11.9. The van der Waals surface area contributed by atoms with Crippen LogP contribution in [0.3, 0.4) is 0 Å². The fourth-order valence-corrected chi connectivity index (χ4v) is 7.75. The maximum Gasteiger partial charge on any atom is 0.256 e. The number of fused-ring (bicyclic) bond motifs is 7. The van der Waals surface area contributed by atoms with E-state index in [0.29, 0.717) is 0 Å². The zero-order valence-electron chi connectivity index (χ0n) is 23.6. The lowest BCUT2D eigenvalue weighted by atomic mass is 9.34. The Morgan fingerprint density at radius 1 is 0.571 bits per heavy atom. The van der Waals surface area contributed by atoms with Gasteiger partial charge in [-0.2, -0.15) is 0 Å². The summed E-state index contributed by atoms with van der Waals surface area (Å²) in [6, 6.07) is 42.1. The van der Waals surface area contributed by atoms with E-state index in [1.165, 1.54) is 82.2 Å². The molecule has 42 heavy (non-hydrogen) atoms. The van der Waals surface area contributed by atoms with Crippen molar-refractivity contribution >= 4 is 51.1 Å². The molecule has 5 aromatic carbocycles. The molecule has 2 aliphatic heterocycles. The van der Waals surface area contributed by atoms with Gasteiger partial charge in [0.2, 0.25) is 0 Å². The SMILES string of the molecule is c1ccc(N2c3cc(-n4c5c(c6ccccc64)CCCCCC5)ccc3B3c4ccccc4Oc4cccc2c43)cc1. The Labute approximate surface area is 247 Å². The van der Waals surface area contributed by atoms with Crippen LogP contribution in [0.25, 0.3) is 16.6 Å². The number of ether oxygens (including phenoxy) is 1. The average Bonchev–Trinajstić information content (AvgIpc) is 3.33. The number of anilines is 3. The van der Waals surface area contributed by atoms with Gasteiger partial charge in [0, 0.05) is 33.8 Å². The smallest absolute Gasteiger partial charge is 0.256 e. The van der Waals surface area contributed by atoms with E-state index in [2.05, 4.69) is 125 Å². The third kappa shape index (κ3) is 3.48. The van der Waals surface area contributed by atoms with Gasteiger partial charge >= 0.3 is 0 Å². The maximum atomic E-state index is 6.51. The summed E-state index contributed by atoms with van der Waals surface area (Å²) in [5, 5.41) is 1.42. The number of hydrogen-bond donors (Lipinski definition) is 0. The number of aryl methyl sites for hydroxylation is 1. The molecule has 4 heteroatoms. The second kappa shape index (κ2) is 9.42. The second-order valence-corrected chi connectivity index (χ2v) is 11.9. The fourth-order valence-electron chi connectivity index (χ4n) is 7.75. The van der Waals surface area contributed by atoms with Crippen molar-refractivity contribution in [2.24, 2.45) is 0 Å². The minimum atomic E-state index is 0.118. The zero-order chi connectivity index (χ0) is 27.6. The van der Waals surface area contributed by atoms with Crippen LogP contribution in [0, 0.1) is 0 Å². The van der Waals surface area contributed by atoms with Crippen molar-refractivity contribution in [2.75, 3.05) is 4.90 Å². The van der Waals surface area contributed by atoms with Gasteiger partial charge < -0.3 is 14.2 Å². The Morgan fingerprint density at radius 3 is 2.29 bits per heavy atom. The molecule has 0 saturated carbocycles. The molecule has 202 valence electrons. The Balaban J connectivity index is 1.33. The average molecular weight is 542 g/mol. The highest BCUT2D eigenvalue weighted by Crippen LogP contribution is 2.42. The molecule has 0 atom stereocenters. The molecule has 0 fully saturated rings. The molecule has 3 nitrogen and oxygen atoms in total. The highest BCUT2D eigenvalue weighted by atomic mass is 16.5. The normalized spacial score (nSPS) is 15.1. The van der Waals surface area contributed by atoms with E-state index in [-0.39, 0.29) is 6.71 Å². The van der Waals surface area contributed by atoms with Crippen LogP contribution < -0.4 is 26.0 Å². The van der Waals surface area contributed by atoms with Gasteiger partial charge in [-0.25, -0.2) is 0 Å². The minimum Gasteiger partial charge on any atom is -0.458 e. The highest BCUT2D eigenvalue weighted by molar-refractivity contribution is 6.99. The van der Waals surface area contributed by atoms with Crippen molar-refractivity contribution in [3.63, 3.8) is 0 Å². The molecule has 3 heterocycles. The van der Waals surface area contributed by atoms with Crippen LogP contribution in [-0.2, 0) is 12.8 Å². The van der Waals surface area contributed by atoms with Gasteiger partial charge in [0.1, 0.15) is 11.5 Å². The number of rotatable bonds is 2. The van der Waals surface area contributed by atoms with Gasteiger partial charge in [-0.3, -0.25) is 0 Å². The molecule has 0 unspecified atom stereocenters. The molecule has 0 amide bonds. The summed E-state index contributed by atoms with van der Waals surface area (Å²) in [5.74, 6) is 1.90. The lowest BCUT2D eigenvalue weighted by molar-refractivity contribution is 0.487. The van der Waals surface area contributed by atoms with Crippen LogP contribution >= 0.6 is 0 Å². The van der Waals surface area contributed by atoms with Crippen molar-refractivity contribution in [1.82, 2.24) is 4.57 Å². The van der Waals surface area contributed by atoms with Crippen LogP contribution in [0.2, 0.25) is 0 Å². The van der Waals surface area contributed by atoms with E-state index in [4.69, 9.17) is 4.74 Å². The van der Waals surface area contributed by atoms with E-state index >= 15 is 0 Å². The number of nitrogens with zero attached hydrogens (tertiary/aromatic N) is 2.